The predicted molar refractivity (Wildman–Crippen MR) is 219 cm³/mol. The van der Waals surface area contributed by atoms with E-state index in [-0.39, 0.29) is 0 Å². The van der Waals surface area contributed by atoms with Crippen molar-refractivity contribution in [1.82, 2.24) is 0 Å². The maximum atomic E-state index is 7.14. The topological polar surface area (TPSA) is 73.8 Å². The fourth-order valence-corrected chi connectivity index (χ4v) is 36.2. The molecule has 0 unspecified atom stereocenters. The zero-order valence-corrected chi connectivity index (χ0v) is 36.4. The van der Waals surface area contributed by atoms with E-state index < -0.39 is 51.4 Å². The van der Waals surface area contributed by atoms with E-state index in [9.17, 15) is 0 Å². The summed E-state index contributed by atoms with van der Waals surface area (Å²) in [6.45, 7) is 33.6. The quantitative estimate of drug-likeness (QED) is 0.0910. The van der Waals surface area contributed by atoms with Gasteiger partial charge in [-0.1, -0.05) is 96.4 Å². The van der Waals surface area contributed by atoms with E-state index in [4.69, 9.17) is 34.2 Å². The molecule has 2 aromatic carbocycles. The molecule has 0 atom stereocenters. The molecule has 50 heavy (non-hydrogen) atoms. The highest BCUT2D eigenvalue weighted by Gasteiger charge is 2.57. The molecule has 14 heteroatoms. The van der Waals surface area contributed by atoms with Gasteiger partial charge in [-0.25, -0.2) is 0 Å². The number of hydrogen-bond donors (Lipinski definition) is 0. The van der Waals surface area contributed by atoms with E-state index >= 15 is 0 Å². The van der Waals surface area contributed by atoms with Gasteiger partial charge in [-0.3, -0.25) is 0 Å². The van der Waals surface area contributed by atoms with Crippen molar-refractivity contribution < 1.29 is 34.2 Å². The van der Waals surface area contributed by atoms with Gasteiger partial charge in [-0.15, -0.1) is 39.5 Å². The van der Waals surface area contributed by atoms with E-state index in [1.807, 2.05) is 60.9 Å². The molecule has 1 aliphatic rings. The maximum Gasteiger partial charge on any atom is 0.372 e. The first-order chi connectivity index (χ1) is 23.8. The van der Waals surface area contributed by atoms with E-state index in [0.717, 1.165) is 10.4 Å². The summed E-state index contributed by atoms with van der Waals surface area (Å²) in [5, 5.41) is 2.05. The number of benzene rings is 2. The van der Waals surface area contributed by atoms with E-state index in [2.05, 4.69) is 76.8 Å². The molecule has 2 aromatic rings. The van der Waals surface area contributed by atoms with Crippen LogP contribution < -0.4 is 10.4 Å². The third-order valence-electron chi connectivity index (χ3n) is 8.40. The highest BCUT2D eigenvalue weighted by atomic mass is 28.5. The van der Waals surface area contributed by atoms with Gasteiger partial charge < -0.3 is 34.2 Å². The van der Waals surface area contributed by atoms with Crippen molar-refractivity contribution in [1.29, 1.82) is 0 Å². The molecule has 0 aromatic heterocycles. The van der Waals surface area contributed by atoms with Gasteiger partial charge in [0.1, 0.15) is 0 Å². The van der Waals surface area contributed by atoms with Crippen LogP contribution in [0.1, 0.15) is 0 Å². The summed E-state index contributed by atoms with van der Waals surface area (Å²) in [4.78, 5) is 0. The van der Waals surface area contributed by atoms with Crippen LogP contribution in [0.2, 0.25) is 50.4 Å². The zero-order chi connectivity index (χ0) is 36.8. The van der Waals surface area contributed by atoms with Crippen LogP contribution in [0, 0.1) is 0 Å². The monoisotopic (exact) mass is 784 g/mol. The summed E-state index contributed by atoms with van der Waals surface area (Å²) < 4.78 is 54.8. The molecule has 272 valence electrons. The van der Waals surface area contributed by atoms with Crippen LogP contribution >= 0.6 is 0 Å². The Bertz CT molecular complexity index is 1280. The standard InChI is InChI=1S/C36H56O8Si6/c1-11-27-37-49(38-28-12-2,35-23-19-17-20-24-35)33-31-47(9)41-45(7,15-5)43-48(10,44-46(8,16-6)42-47)32-34-50(39-29-13-3,40-30-14-4)36-25-21-18-22-26-36/h11-26H,1-6,27-34H2,7-10H3. The number of hydrogen-bond acceptors (Lipinski definition) is 8. The van der Waals surface area contributed by atoms with Gasteiger partial charge in [-0.2, -0.15) is 0 Å². The first-order valence-electron chi connectivity index (χ1n) is 17.0. The molecule has 1 fully saturated rings. The van der Waals surface area contributed by atoms with Crippen molar-refractivity contribution in [3.63, 3.8) is 0 Å². The second-order valence-electron chi connectivity index (χ2n) is 12.8. The Morgan fingerprint density at radius 3 is 1.02 bits per heavy atom. The Morgan fingerprint density at radius 1 is 0.500 bits per heavy atom. The molecule has 3 rings (SSSR count). The minimum Gasteiger partial charge on any atom is -0.413 e. The SMILES string of the molecule is C=CCO[Si](CC[Si]1(C)O[Si](C)(C=C)O[Si](C)(CC[Si](OCC=C)(OCC=C)c2ccccc2)O[Si](C)(C=C)O1)(OCC=C)c1ccccc1. The highest BCUT2D eigenvalue weighted by molar-refractivity contribution is 6.97. The fraction of sp³-hybridized carbons (Fsp3) is 0.333. The minimum atomic E-state index is -3.06. The van der Waals surface area contributed by atoms with Crippen LogP contribution in [-0.2, 0) is 34.2 Å². The van der Waals surface area contributed by atoms with Crippen LogP contribution in [0.25, 0.3) is 0 Å². The molecule has 0 aliphatic carbocycles. The van der Waals surface area contributed by atoms with Crippen molar-refractivity contribution in [2.45, 2.75) is 50.4 Å². The Morgan fingerprint density at radius 2 is 0.780 bits per heavy atom. The Hall–Kier alpha value is -2.14. The molecule has 0 amide bonds. The molecule has 0 saturated carbocycles. The van der Waals surface area contributed by atoms with Gasteiger partial charge in [-0.05, 0) is 60.7 Å². The van der Waals surface area contributed by atoms with Crippen LogP contribution in [0.5, 0.6) is 0 Å². The summed E-state index contributed by atoms with van der Waals surface area (Å²) in [6.07, 6.45) is 7.00. The van der Waals surface area contributed by atoms with Crippen molar-refractivity contribution in [3.05, 3.63) is 136 Å². The van der Waals surface area contributed by atoms with Crippen molar-refractivity contribution in [3.8, 4) is 0 Å². The lowest BCUT2D eigenvalue weighted by Crippen LogP contribution is -2.67. The molecule has 8 nitrogen and oxygen atoms in total. The van der Waals surface area contributed by atoms with Crippen LogP contribution in [0.15, 0.2) is 136 Å². The molecular formula is C36H56O8Si6. The first kappa shape index (κ1) is 42.3. The summed E-state index contributed by atoms with van der Waals surface area (Å²) in [6, 6.07) is 22.6. The fourth-order valence-electron chi connectivity index (χ4n) is 6.10. The second-order valence-corrected chi connectivity index (χ2v) is 32.8. The van der Waals surface area contributed by atoms with Crippen LogP contribution in [0.4, 0.5) is 0 Å². The smallest absolute Gasteiger partial charge is 0.372 e. The van der Waals surface area contributed by atoms with E-state index in [1.54, 1.807) is 24.3 Å². The summed E-state index contributed by atoms with van der Waals surface area (Å²) in [7, 11) is -18.2. The lowest BCUT2D eigenvalue weighted by Gasteiger charge is -2.49. The molecule has 0 radical (unpaired) electrons. The Kier molecular flexibility index (Phi) is 16.1. The Balaban J connectivity index is 1.99. The van der Waals surface area contributed by atoms with Gasteiger partial charge >= 0.3 is 51.4 Å². The van der Waals surface area contributed by atoms with Gasteiger partial charge in [0.05, 0.1) is 26.4 Å². The third-order valence-corrected chi connectivity index (χ3v) is 33.4. The van der Waals surface area contributed by atoms with Gasteiger partial charge in [0, 0.05) is 0 Å². The lowest BCUT2D eigenvalue weighted by molar-refractivity contribution is 0.208. The van der Waals surface area contributed by atoms with Crippen LogP contribution in [-0.4, -0.2) is 77.8 Å². The average molecular weight is 785 g/mol. The number of rotatable bonds is 22. The molecular weight excluding hydrogens is 729 g/mol. The largest absolute Gasteiger partial charge is 0.413 e. The van der Waals surface area contributed by atoms with Crippen molar-refractivity contribution in [2.75, 3.05) is 26.4 Å². The van der Waals surface area contributed by atoms with Gasteiger partial charge in [0.2, 0.25) is 0 Å². The predicted octanol–water partition coefficient (Wildman–Crippen LogP) is 7.31. The maximum absolute atomic E-state index is 7.14. The van der Waals surface area contributed by atoms with Crippen molar-refractivity contribution in [2.24, 2.45) is 0 Å². The average Bonchev–Trinajstić information content (AvgIpc) is 3.11. The van der Waals surface area contributed by atoms with Crippen molar-refractivity contribution >= 4 is 61.7 Å². The normalized spacial score (nSPS) is 25.8. The molecule has 0 spiro atoms. The van der Waals surface area contributed by atoms with Gasteiger partial charge in [0.25, 0.3) is 0 Å². The van der Waals surface area contributed by atoms with E-state index in [0.29, 0.717) is 50.6 Å². The first-order valence-corrected chi connectivity index (χ1v) is 30.9. The lowest BCUT2D eigenvalue weighted by atomic mass is 10.4. The molecule has 1 saturated heterocycles. The summed E-state index contributed by atoms with van der Waals surface area (Å²) in [5.41, 5.74) is 3.67. The molecule has 1 aliphatic heterocycles. The molecule has 0 bridgehead atoms. The Labute approximate surface area is 307 Å². The van der Waals surface area contributed by atoms with Crippen LogP contribution in [0.3, 0.4) is 0 Å². The molecule has 1 heterocycles. The summed E-state index contributed by atoms with van der Waals surface area (Å²) in [5.74, 6) is 0. The second kappa shape index (κ2) is 19.1. The molecule has 0 N–H and O–H groups in total. The zero-order valence-electron chi connectivity index (χ0n) is 30.4. The van der Waals surface area contributed by atoms with Gasteiger partial charge in [0.15, 0.2) is 0 Å². The third kappa shape index (κ3) is 11.4. The minimum absolute atomic E-state index is 0.355. The highest BCUT2D eigenvalue weighted by Crippen LogP contribution is 2.38. The van der Waals surface area contributed by atoms with E-state index in [1.165, 1.54) is 0 Å². The summed E-state index contributed by atoms with van der Waals surface area (Å²) >= 11 is 0.